The van der Waals surface area contributed by atoms with Crippen molar-refractivity contribution in [2.75, 3.05) is 5.32 Å². The molecular formula is C30H34N4O5. The first kappa shape index (κ1) is 30.5. The SMILES string of the molecule is C#Cc1ccc(C(C(=O)Nc2c(C)cccc2C)N(C#C)C(=O)C(CCC(N)=O)NC(=O)OC(C)(C)C)cc1. The van der Waals surface area contributed by atoms with Crippen molar-refractivity contribution in [2.24, 2.45) is 5.73 Å². The second-order valence-corrected chi connectivity index (χ2v) is 9.97. The van der Waals surface area contributed by atoms with Gasteiger partial charge in [-0.15, -0.1) is 6.42 Å². The molecular weight excluding hydrogens is 496 g/mol. The standard InChI is InChI=1S/C30H34N4O5/c1-8-21-13-15-22(16-14-21)26(27(36)33-25-19(3)11-10-12-20(25)4)34(9-2)28(37)23(17-18-24(31)35)32-29(38)39-30(5,6)7/h1-2,10-16,23,26H,17-18H2,3-7H3,(H2,31,35)(H,32,38)(H,33,36). The zero-order valence-electron chi connectivity index (χ0n) is 22.8. The number of ether oxygens (including phenoxy) is 1. The maximum atomic E-state index is 13.8. The van der Waals surface area contributed by atoms with Crippen LogP contribution in [0, 0.1) is 38.7 Å². The molecule has 0 aromatic heterocycles. The van der Waals surface area contributed by atoms with Crippen molar-refractivity contribution in [3.05, 3.63) is 64.7 Å². The van der Waals surface area contributed by atoms with Gasteiger partial charge in [0.1, 0.15) is 17.7 Å². The molecule has 2 rings (SSSR count). The fourth-order valence-corrected chi connectivity index (χ4v) is 3.81. The first-order valence-corrected chi connectivity index (χ1v) is 12.3. The Bertz CT molecular complexity index is 1290. The van der Waals surface area contributed by atoms with Crippen LogP contribution in [0.3, 0.4) is 0 Å². The Morgan fingerprint density at radius 3 is 2.10 bits per heavy atom. The Labute approximate surface area is 229 Å². The molecule has 2 unspecified atom stereocenters. The predicted molar refractivity (Wildman–Crippen MR) is 149 cm³/mol. The molecule has 0 radical (unpaired) electrons. The third-order valence-electron chi connectivity index (χ3n) is 5.67. The summed E-state index contributed by atoms with van der Waals surface area (Å²) in [6.07, 6.45) is 10.00. The summed E-state index contributed by atoms with van der Waals surface area (Å²) < 4.78 is 5.28. The minimum absolute atomic E-state index is 0.160. The van der Waals surface area contributed by atoms with Gasteiger partial charge < -0.3 is 21.1 Å². The van der Waals surface area contributed by atoms with Crippen molar-refractivity contribution in [2.45, 2.75) is 65.1 Å². The molecule has 0 aliphatic rings. The van der Waals surface area contributed by atoms with E-state index in [0.717, 1.165) is 16.0 Å². The summed E-state index contributed by atoms with van der Waals surface area (Å²) in [5, 5.41) is 5.34. The number of anilines is 1. The zero-order valence-corrected chi connectivity index (χ0v) is 22.8. The molecule has 0 saturated carbocycles. The normalized spacial score (nSPS) is 12.2. The average molecular weight is 531 g/mol. The minimum Gasteiger partial charge on any atom is -0.444 e. The lowest BCUT2D eigenvalue weighted by Crippen LogP contribution is -2.51. The fraction of sp³-hybridized carbons (Fsp3) is 0.333. The number of hydrogen-bond donors (Lipinski definition) is 3. The van der Waals surface area contributed by atoms with Crippen LogP contribution < -0.4 is 16.4 Å². The molecule has 0 aliphatic heterocycles. The number of amides is 4. The molecule has 4 N–H and O–H groups in total. The van der Waals surface area contributed by atoms with Gasteiger partial charge in [0.25, 0.3) is 11.8 Å². The van der Waals surface area contributed by atoms with Crippen LogP contribution in [0.25, 0.3) is 0 Å². The van der Waals surface area contributed by atoms with Gasteiger partial charge in [-0.1, -0.05) is 42.7 Å². The number of nitrogens with zero attached hydrogens (tertiary/aromatic N) is 1. The summed E-state index contributed by atoms with van der Waals surface area (Å²) in [6, 6.07) is 11.7. The maximum absolute atomic E-state index is 13.8. The second-order valence-electron chi connectivity index (χ2n) is 9.97. The lowest BCUT2D eigenvalue weighted by atomic mass is 10.00. The smallest absolute Gasteiger partial charge is 0.408 e. The average Bonchev–Trinajstić information content (AvgIpc) is 2.85. The Kier molecular flexibility index (Phi) is 10.3. The Morgan fingerprint density at radius 1 is 1.03 bits per heavy atom. The Morgan fingerprint density at radius 2 is 1.62 bits per heavy atom. The van der Waals surface area contributed by atoms with Crippen molar-refractivity contribution < 1.29 is 23.9 Å². The maximum Gasteiger partial charge on any atom is 0.408 e. The van der Waals surface area contributed by atoms with Crippen molar-refractivity contribution in [3.63, 3.8) is 0 Å². The number of para-hydroxylation sites is 1. The van der Waals surface area contributed by atoms with E-state index in [1.807, 2.05) is 32.0 Å². The lowest BCUT2D eigenvalue weighted by Gasteiger charge is -2.30. The molecule has 2 aromatic carbocycles. The van der Waals surface area contributed by atoms with E-state index >= 15 is 0 Å². The summed E-state index contributed by atoms with van der Waals surface area (Å²) in [5.41, 5.74) is 7.60. The Balaban J connectivity index is 2.53. The van der Waals surface area contributed by atoms with E-state index in [2.05, 4.69) is 22.6 Å². The molecule has 9 heteroatoms. The fourth-order valence-electron chi connectivity index (χ4n) is 3.81. The molecule has 0 spiro atoms. The molecule has 0 aliphatic carbocycles. The minimum atomic E-state index is -1.30. The molecule has 9 nitrogen and oxygen atoms in total. The van der Waals surface area contributed by atoms with E-state index in [1.165, 1.54) is 0 Å². The van der Waals surface area contributed by atoms with Gasteiger partial charge in [-0.2, -0.15) is 0 Å². The van der Waals surface area contributed by atoms with Crippen LogP contribution in [0.15, 0.2) is 42.5 Å². The molecule has 2 aromatic rings. The summed E-state index contributed by atoms with van der Waals surface area (Å²) in [4.78, 5) is 52.4. The molecule has 4 amide bonds. The van der Waals surface area contributed by atoms with Crippen LogP contribution >= 0.6 is 0 Å². The van der Waals surface area contributed by atoms with E-state index in [9.17, 15) is 19.2 Å². The topological polar surface area (TPSA) is 131 Å². The van der Waals surface area contributed by atoms with Crippen LogP contribution in [0.1, 0.15) is 61.9 Å². The van der Waals surface area contributed by atoms with Gasteiger partial charge in [-0.05, 0) is 69.9 Å². The van der Waals surface area contributed by atoms with Crippen molar-refractivity contribution in [1.82, 2.24) is 10.2 Å². The number of benzene rings is 2. The van der Waals surface area contributed by atoms with Gasteiger partial charge in [-0.3, -0.25) is 19.3 Å². The number of rotatable bonds is 9. The number of hydrogen-bond acceptors (Lipinski definition) is 5. The molecule has 39 heavy (non-hydrogen) atoms. The summed E-state index contributed by atoms with van der Waals surface area (Å²) in [7, 11) is 0. The number of primary amides is 1. The van der Waals surface area contributed by atoms with Gasteiger partial charge in [0.15, 0.2) is 0 Å². The van der Waals surface area contributed by atoms with Crippen molar-refractivity contribution >= 4 is 29.5 Å². The number of nitrogens with two attached hydrogens (primary N) is 1. The summed E-state index contributed by atoms with van der Waals surface area (Å²) in [6.45, 7) is 8.67. The first-order valence-electron chi connectivity index (χ1n) is 12.3. The predicted octanol–water partition coefficient (Wildman–Crippen LogP) is 3.54. The number of carbonyl (C=O) groups excluding carboxylic acids is 4. The van der Waals surface area contributed by atoms with Crippen LogP contribution in [0.4, 0.5) is 10.5 Å². The largest absolute Gasteiger partial charge is 0.444 e. The molecule has 204 valence electrons. The highest BCUT2D eigenvalue weighted by molar-refractivity contribution is 6.00. The van der Waals surface area contributed by atoms with Crippen molar-refractivity contribution in [1.29, 1.82) is 0 Å². The van der Waals surface area contributed by atoms with Gasteiger partial charge >= 0.3 is 6.09 Å². The number of nitrogens with one attached hydrogen (secondary N) is 2. The number of alkyl carbamates (subject to hydrolysis) is 1. The van der Waals surface area contributed by atoms with Gasteiger partial charge in [0.2, 0.25) is 5.91 Å². The molecule has 0 bridgehead atoms. The van der Waals surface area contributed by atoms with E-state index < -0.39 is 41.5 Å². The zero-order chi connectivity index (χ0) is 29.3. The molecule has 0 saturated heterocycles. The monoisotopic (exact) mass is 530 g/mol. The van der Waals surface area contributed by atoms with E-state index in [-0.39, 0.29) is 12.8 Å². The quantitative estimate of drug-likeness (QED) is 0.337. The van der Waals surface area contributed by atoms with Crippen LogP contribution in [0.2, 0.25) is 0 Å². The number of aryl methyl sites for hydroxylation is 2. The third kappa shape index (κ3) is 8.65. The number of terminal acetylenes is 2. The highest BCUT2D eigenvalue weighted by atomic mass is 16.6. The van der Waals surface area contributed by atoms with Gasteiger partial charge in [0, 0.05) is 23.7 Å². The molecule has 2 atom stereocenters. The first-order chi connectivity index (χ1) is 18.3. The van der Waals surface area contributed by atoms with Crippen molar-refractivity contribution in [3.8, 4) is 24.8 Å². The highest BCUT2D eigenvalue weighted by Crippen LogP contribution is 2.27. The molecule has 0 fully saturated rings. The third-order valence-corrected chi connectivity index (χ3v) is 5.67. The van der Waals surface area contributed by atoms with E-state index in [0.29, 0.717) is 16.8 Å². The van der Waals surface area contributed by atoms with E-state index in [4.69, 9.17) is 23.3 Å². The summed E-state index contributed by atoms with van der Waals surface area (Å²) >= 11 is 0. The summed E-state index contributed by atoms with van der Waals surface area (Å²) in [5.74, 6) is 0.438. The van der Waals surface area contributed by atoms with Gasteiger partial charge in [0.05, 0.1) is 0 Å². The highest BCUT2D eigenvalue weighted by Gasteiger charge is 2.36. The van der Waals surface area contributed by atoms with Crippen LogP contribution in [0.5, 0.6) is 0 Å². The molecule has 0 heterocycles. The number of carbonyl (C=O) groups is 4. The van der Waals surface area contributed by atoms with Crippen LogP contribution in [-0.2, 0) is 19.1 Å². The Hall–Kier alpha value is -4.76. The lowest BCUT2D eigenvalue weighted by molar-refractivity contribution is -0.137. The van der Waals surface area contributed by atoms with Gasteiger partial charge in [-0.25, -0.2) is 4.79 Å². The van der Waals surface area contributed by atoms with Crippen LogP contribution in [-0.4, -0.2) is 40.4 Å². The van der Waals surface area contributed by atoms with E-state index in [1.54, 1.807) is 45.0 Å². The second kappa shape index (κ2) is 13.2.